The molecular weight excluding hydrogens is 323 g/mol. The van der Waals surface area contributed by atoms with Gasteiger partial charge in [-0.1, -0.05) is 48.3 Å². The first-order valence-electron chi connectivity index (χ1n) is 12.8. The predicted molar refractivity (Wildman–Crippen MR) is 107 cm³/mol. The van der Waals surface area contributed by atoms with Crippen LogP contribution in [0.5, 0.6) is 0 Å². The maximum Gasteiger partial charge on any atom is 0.498 e. The number of para-hydroxylation sites is 1. The van der Waals surface area contributed by atoms with Gasteiger partial charge in [0.05, 0.1) is 23.5 Å². The zero-order chi connectivity index (χ0) is 25.9. The quantitative estimate of drug-likeness (QED) is 0.450. The van der Waals surface area contributed by atoms with Crippen molar-refractivity contribution in [2.24, 2.45) is 0 Å². The van der Waals surface area contributed by atoms with Crippen LogP contribution in [0.1, 0.15) is 40.0 Å². The molecular formula is C22H21BO3. The molecule has 4 aromatic rings. The summed E-state index contributed by atoms with van der Waals surface area (Å²) in [6.45, 7) is 7.30. The van der Waals surface area contributed by atoms with Gasteiger partial charge in [-0.15, -0.1) is 0 Å². The molecule has 0 amide bonds. The molecule has 5 rings (SSSR count). The molecule has 0 radical (unpaired) electrons. The molecule has 3 nitrogen and oxygen atoms in total. The summed E-state index contributed by atoms with van der Waals surface area (Å²) in [5.41, 5.74) is -1.65. The fraction of sp³-hybridized carbons (Fsp3) is 0.273. The van der Waals surface area contributed by atoms with Gasteiger partial charge >= 0.3 is 7.12 Å². The Hall–Kier alpha value is -2.30. The van der Waals surface area contributed by atoms with Crippen molar-refractivity contribution in [3.63, 3.8) is 0 Å². The van der Waals surface area contributed by atoms with Crippen LogP contribution in [0.4, 0.5) is 0 Å². The Labute approximate surface area is 165 Å². The van der Waals surface area contributed by atoms with Crippen molar-refractivity contribution in [2.75, 3.05) is 0 Å². The van der Waals surface area contributed by atoms with Crippen molar-refractivity contribution >= 4 is 45.3 Å². The number of benzene rings is 3. The van der Waals surface area contributed by atoms with Crippen LogP contribution < -0.4 is 5.46 Å². The van der Waals surface area contributed by atoms with E-state index in [-0.39, 0.29) is 44.2 Å². The number of hydrogen-bond acceptors (Lipinski definition) is 3. The summed E-state index contributed by atoms with van der Waals surface area (Å²) in [4.78, 5) is 0. The zero-order valence-corrected chi connectivity index (χ0v) is 14.8. The van der Waals surface area contributed by atoms with Gasteiger partial charge < -0.3 is 13.7 Å². The van der Waals surface area contributed by atoms with Crippen molar-refractivity contribution in [2.45, 2.75) is 38.9 Å². The molecule has 1 aliphatic rings. The third-order valence-corrected chi connectivity index (χ3v) is 5.25. The first-order valence-corrected chi connectivity index (χ1v) is 8.33. The molecule has 0 unspecified atom stereocenters. The summed E-state index contributed by atoms with van der Waals surface area (Å²) in [7, 11) is -1.12. The van der Waals surface area contributed by atoms with E-state index in [0.29, 0.717) is 0 Å². The Balaban J connectivity index is 2.02. The van der Waals surface area contributed by atoms with E-state index < -0.39 is 66.7 Å². The van der Waals surface area contributed by atoms with Gasteiger partial charge in [0.25, 0.3) is 0 Å². The average Bonchev–Trinajstić information content (AvgIpc) is 3.25. The molecule has 0 aliphatic carbocycles. The molecule has 130 valence electrons. The molecule has 1 aliphatic heterocycles. The van der Waals surface area contributed by atoms with Crippen LogP contribution in [-0.2, 0) is 9.31 Å². The van der Waals surface area contributed by atoms with E-state index in [0.717, 1.165) is 0 Å². The molecule has 1 saturated heterocycles. The number of hydrogen-bond donors (Lipinski definition) is 0. The standard InChI is InChI=1S/C22H21BO3/c1-21(2)22(3,4)26-23(25-21)18-11-7-10-16-17-13-12-14-8-5-6-9-15(14)19(17)24-20(16)18/h5-13H,1-4H3/i5D,6D,7D,8D,9D,10D,11D,12D,13D. The summed E-state index contributed by atoms with van der Waals surface area (Å²) in [5.74, 6) is 0. The third kappa shape index (κ3) is 2.09. The minimum Gasteiger partial charge on any atom is -0.456 e. The zero-order valence-electron chi connectivity index (χ0n) is 23.8. The van der Waals surface area contributed by atoms with Crippen LogP contribution in [0.15, 0.2) is 58.8 Å². The van der Waals surface area contributed by atoms with Crippen molar-refractivity contribution < 1.29 is 26.1 Å². The Kier molecular flexibility index (Phi) is 1.79. The molecule has 26 heavy (non-hydrogen) atoms. The lowest BCUT2D eigenvalue weighted by molar-refractivity contribution is 0.00578. The van der Waals surface area contributed by atoms with E-state index in [1.54, 1.807) is 0 Å². The third-order valence-electron chi connectivity index (χ3n) is 5.25. The Morgan fingerprint density at radius 1 is 0.731 bits per heavy atom. The highest BCUT2D eigenvalue weighted by Crippen LogP contribution is 2.38. The average molecular weight is 353 g/mol. The first kappa shape index (κ1) is 9.07. The molecule has 0 N–H and O–H groups in total. The van der Waals surface area contributed by atoms with Crippen molar-refractivity contribution in [1.29, 1.82) is 0 Å². The largest absolute Gasteiger partial charge is 0.498 e. The summed E-state index contributed by atoms with van der Waals surface area (Å²) in [6.07, 6.45) is 0. The van der Waals surface area contributed by atoms with Gasteiger partial charge in [0, 0.05) is 21.6 Å². The van der Waals surface area contributed by atoms with Crippen LogP contribution in [-0.4, -0.2) is 18.3 Å². The number of furan rings is 1. The van der Waals surface area contributed by atoms with Crippen LogP contribution in [0.2, 0.25) is 0 Å². The van der Waals surface area contributed by atoms with Gasteiger partial charge in [-0.3, -0.25) is 0 Å². The fourth-order valence-corrected chi connectivity index (χ4v) is 3.08. The van der Waals surface area contributed by atoms with E-state index >= 15 is 0 Å². The molecule has 0 saturated carbocycles. The van der Waals surface area contributed by atoms with Gasteiger partial charge in [0.2, 0.25) is 0 Å². The molecule has 2 heterocycles. The predicted octanol–water partition coefficient (Wildman–Crippen LogP) is 5.04. The molecule has 0 atom stereocenters. The maximum absolute atomic E-state index is 8.63. The Morgan fingerprint density at radius 3 is 2.15 bits per heavy atom. The van der Waals surface area contributed by atoms with Crippen molar-refractivity contribution in [3.8, 4) is 0 Å². The molecule has 1 aromatic heterocycles. The van der Waals surface area contributed by atoms with Crippen LogP contribution in [0, 0.1) is 0 Å². The first-order chi connectivity index (χ1) is 16.1. The number of fused-ring (bicyclic) bond motifs is 5. The van der Waals surface area contributed by atoms with Gasteiger partial charge in [-0.25, -0.2) is 0 Å². The highest BCUT2D eigenvalue weighted by molar-refractivity contribution is 6.65. The molecule has 1 fully saturated rings. The smallest absolute Gasteiger partial charge is 0.456 e. The SMILES string of the molecule is [2H]c1c([2H])c([2H])c2c(oc3c4c([2H])c([2H])c([2H])c([2H])c4c([2H])c([2H])c32)c1B1OC(C)(C)C(C)(C)O1. The van der Waals surface area contributed by atoms with E-state index in [1.807, 2.05) is 27.7 Å². The monoisotopic (exact) mass is 353 g/mol. The van der Waals surface area contributed by atoms with E-state index in [4.69, 9.17) is 26.1 Å². The van der Waals surface area contributed by atoms with E-state index in [2.05, 4.69) is 0 Å². The molecule has 4 heteroatoms. The lowest BCUT2D eigenvalue weighted by Gasteiger charge is -2.32. The van der Waals surface area contributed by atoms with Gasteiger partial charge in [0.1, 0.15) is 11.2 Å². The second-order valence-electron chi connectivity index (χ2n) is 7.39. The normalized spacial score (nSPS) is 23.8. The fourth-order valence-electron chi connectivity index (χ4n) is 3.08. The van der Waals surface area contributed by atoms with Gasteiger partial charge in [-0.2, -0.15) is 0 Å². The van der Waals surface area contributed by atoms with Gasteiger partial charge in [-0.05, 0) is 39.1 Å². The number of rotatable bonds is 1. The lowest BCUT2D eigenvalue weighted by atomic mass is 9.78. The lowest BCUT2D eigenvalue weighted by Crippen LogP contribution is -2.41. The Bertz CT molecular complexity index is 1590. The Morgan fingerprint density at radius 2 is 1.38 bits per heavy atom. The molecule has 0 spiro atoms. The topological polar surface area (TPSA) is 31.6 Å². The van der Waals surface area contributed by atoms with Crippen molar-refractivity contribution in [1.82, 2.24) is 0 Å². The summed E-state index contributed by atoms with van der Waals surface area (Å²) in [5, 5.41) is -0.300. The van der Waals surface area contributed by atoms with Crippen LogP contribution in [0.25, 0.3) is 32.7 Å². The van der Waals surface area contributed by atoms with E-state index in [1.165, 1.54) is 0 Å². The summed E-state index contributed by atoms with van der Waals surface area (Å²) >= 11 is 0. The minimum atomic E-state index is -1.12. The summed E-state index contributed by atoms with van der Waals surface area (Å²) in [6, 6.07) is -4.00. The second-order valence-corrected chi connectivity index (χ2v) is 7.39. The van der Waals surface area contributed by atoms with E-state index in [9.17, 15) is 0 Å². The highest BCUT2D eigenvalue weighted by Gasteiger charge is 2.52. The second kappa shape index (κ2) is 5.12. The minimum absolute atomic E-state index is 0.00137. The van der Waals surface area contributed by atoms with Crippen LogP contribution in [0.3, 0.4) is 0 Å². The highest BCUT2D eigenvalue weighted by atomic mass is 16.7. The molecule has 0 bridgehead atoms. The van der Waals surface area contributed by atoms with Crippen molar-refractivity contribution in [3.05, 3.63) is 54.4 Å². The maximum atomic E-state index is 8.63. The van der Waals surface area contributed by atoms with Crippen LogP contribution >= 0.6 is 0 Å². The van der Waals surface area contributed by atoms with Gasteiger partial charge in [0.15, 0.2) is 0 Å². The summed E-state index contributed by atoms with van der Waals surface area (Å²) < 4.78 is 93.8. The molecule has 3 aromatic carbocycles.